The van der Waals surface area contributed by atoms with E-state index in [9.17, 15) is 0 Å². The molecule has 5 nitrogen and oxygen atoms in total. The van der Waals surface area contributed by atoms with Gasteiger partial charge in [-0.05, 0) is 54.7 Å². The van der Waals surface area contributed by atoms with Crippen LogP contribution in [0, 0.1) is 0 Å². The summed E-state index contributed by atoms with van der Waals surface area (Å²) >= 11 is 0. The van der Waals surface area contributed by atoms with Crippen LogP contribution in [0.2, 0.25) is 0 Å². The Bertz CT molecular complexity index is 657. The first-order valence-electron chi connectivity index (χ1n) is 7.65. The number of hydrogen-bond acceptors (Lipinski definition) is 3. The molecule has 0 aliphatic heterocycles. The lowest BCUT2D eigenvalue weighted by Crippen LogP contribution is -2.23. The van der Waals surface area contributed by atoms with Crippen LogP contribution < -0.4 is 16.4 Å². The molecule has 23 heavy (non-hydrogen) atoms. The molecule has 0 saturated heterocycles. The lowest BCUT2D eigenvalue weighted by Gasteiger charge is -2.08. The third-order valence-electron chi connectivity index (χ3n) is 3.74. The lowest BCUT2D eigenvalue weighted by molar-refractivity contribution is 0.912. The first-order valence-corrected chi connectivity index (χ1v) is 7.65. The summed E-state index contributed by atoms with van der Waals surface area (Å²) in [4.78, 5) is 8.51. The zero-order valence-corrected chi connectivity index (χ0v) is 15.3. The first kappa shape index (κ1) is 17.5. The van der Waals surface area contributed by atoms with Crippen molar-refractivity contribution in [2.75, 3.05) is 23.7 Å². The van der Waals surface area contributed by atoms with E-state index in [1.807, 2.05) is 18.2 Å². The number of nitrogens with zero attached hydrogens (tertiary/aromatic N) is 2. The second-order valence-electron chi connectivity index (χ2n) is 5.37. The number of nitrogens with two attached hydrogens (primary N) is 1. The van der Waals surface area contributed by atoms with Crippen molar-refractivity contribution in [2.24, 2.45) is 10.7 Å². The fourth-order valence-electron chi connectivity index (χ4n) is 2.66. The molecule has 2 aromatic rings. The Balaban J connectivity index is 0.00000192. The van der Waals surface area contributed by atoms with Crippen LogP contribution in [0.5, 0.6) is 0 Å². The zero-order valence-electron chi connectivity index (χ0n) is 13.0. The summed E-state index contributed by atoms with van der Waals surface area (Å²) < 4.78 is 0. The summed E-state index contributed by atoms with van der Waals surface area (Å²) in [5, 5.41) is 6.35. The van der Waals surface area contributed by atoms with E-state index in [1.165, 1.54) is 24.0 Å². The van der Waals surface area contributed by atoms with E-state index in [2.05, 4.69) is 38.8 Å². The van der Waals surface area contributed by atoms with E-state index >= 15 is 0 Å². The first-order chi connectivity index (χ1) is 10.8. The van der Waals surface area contributed by atoms with Gasteiger partial charge in [0.25, 0.3) is 0 Å². The highest BCUT2D eigenvalue weighted by molar-refractivity contribution is 14.0. The molecule has 0 radical (unpaired) electrons. The van der Waals surface area contributed by atoms with Crippen LogP contribution in [-0.4, -0.2) is 24.0 Å². The second-order valence-corrected chi connectivity index (χ2v) is 5.37. The normalized spacial score (nSPS) is 13.1. The number of anilines is 2. The molecule has 122 valence electrons. The molecule has 0 saturated carbocycles. The van der Waals surface area contributed by atoms with E-state index in [1.54, 1.807) is 6.20 Å². The van der Waals surface area contributed by atoms with E-state index < -0.39 is 0 Å². The standard InChI is InChI=1S/C17H21N5.HI/c18-17(21-11-10-20-16-6-1-2-9-19-16)22-15-8-7-13-4-3-5-14(13)12-15;/h1-2,6-9,12H,3-5,10-11H2,(H,19,20)(H3,18,21,22);1H. The fraction of sp³-hybridized carbons (Fsp3) is 0.294. The lowest BCUT2D eigenvalue weighted by atomic mass is 10.1. The third-order valence-corrected chi connectivity index (χ3v) is 3.74. The van der Waals surface area contributed by atoms with Crippen LogP contribution >= 0.6 is 24.0 Å². The smallest absolute Gasteiger partial charge is 0.193 e. The van der Waals surface area contributed by atoms with Crippen LogP contribution in [0.1, 0.15) is 17.5 Å². The Morgan fingerprint density at radius 1 is 1.17 bits per heavy atom. The van der Waals surface area contributed by atoms with Crippen molar-refractivity contribution in [3.63, 3.8) is 0 Å². The average Bonchev–Trinajstić information content (AvgIpc) is 3.00. The van der Waals surface area contributed by atoms with Gasteiger partial charge in [0.05, 0.1) is 6.54 Å². The van der Waals surface area contributed by atoms with Gasteiger partial charge >= 0.3 is 0 Å². The number of nitrogens with one attached hydrogen (secondary N) is 2. The van der Waals surface area contributed by atoms with Gasteiger partial charge in [0.15, 0.2) is 5.96 Å². The summed E-state index contributed by atoms with van der Waals surface area (Å²) in [6.45, 7) is 1.30. The summed E-state index contributed by atoms with van der Waals surface area (Å²) in [7, 11) is 0. The molecule has 0 fully saturated rings. The molecule has 1 aromatic heterocycles. The molecule has 1 aliphatic rings. The van der Waals surface area contributed by atoms with E-state index in [0.29, 0.717) is 19.0 Å². The minimum atomic E-state index is 0. The van der Waals surface area contributed by atoms with Gasteiger partial charge in [-0.25, -0.2) is 4.98 Å². The number of halogens is 1. The van der Waals surface area contributed by atoms with Crippen molar-refractivity contribution in [2.45, 2.75) is 19.3 Å². The minimum absolute atomic E-state index is 0. The monoisotopic (exact) mass is 423 g/mol. The van der Waals surface area contributed by atoms with E-state index in [4.69, 9.17) is 5.73 Å². The molecule has 0 amide bonds. The Hall–Kier alpha value is -1.83. The van der Waals surface area contributed by atoms with E-state index in [-0.39, 0.29) is 24.0 Å². The molecule has 1 heterocycles. The largest absolute Gasteiger partial charge is 0.370 e. The van der Waals surface area contributed by atoms with Crippen molar-refractivity contribution in [3.05, 3.63) is 53.7 Å². The SMILES string of the molecule is I.NC(=NCCNc1ccccn1)Nc1ccc2c(c1)CCC2. The number of aliphatic imine (C=N–C) groups is 1. The number of fused-ring (bicyclic) bond motifs is 1. The molecule has 1 aliphatic carbocycles. The summed E-state index contributed by atoms with van der Waals surface area (Å²) in [6, 6.07) is 12.2. The highest BCUT2D eigenvalue weighted by atomic mass is 127. The Kier molecular flexibility index (Phi) is 6.64. The van der Waals surface area contributed by atoms with Gasteiger partial charge in [0, 0.05) is 18.4 Å². The number of hydrogen-bond donors (Lipinski definition) is 3. The maximum atomic E-state index is 5.93. The number of benzene rings is 1. The molecule has 6 heteroatoms. The molecular weight excluding hydrogens is 401 g/mol. The molecule has 0 spiro atoms. The zero-order chi connectivity index (χ0) is 15.2. The van der Waals surface area contributed by atoms with Gasteiger partial charge in [-0.1, -0.05) is 12.1 Å². The minimum Gasteiger partial charge on any atom is -0.370 e. The average molecular weight is 423 g/mol. The van der Waals surface area contributed by atoms with Crippen molar-refractivity contribution in [1.82, 2.24) is 4.98 Å². The van der Waals surface area contributed by atoms with Crippen molar-refractivity contribution in [3.8, 4) is 0 Å². The maximum Gasteiger partial charge on any atom is 0.193 e. The Morgan fingerprint density at radius 2 is 2.04 bits per heavy atom. The third kappa shape index (κ3) is 5.09. The molecule has 4 N–H and O–H groups in total. The molecular formula is C17H22IN5. The van der Waals surface area contributed by atoms with Gasteiger partial charge in [0.2, 0.25) is 0 Å². The Labute approximate surface area is 153 Å². The van der Waals surface area contributed by atoms with Crippen molar-refractivity contribution < 1.29 is 0 Å². The highest BCUT2D eigenvalue weighted by Gasteiger charge is 2.10. The summed E-state index contributed by atoms with van der Waals surface area (Å²) in [5.74, 6) is 1.30. The number of rotatable bonds is 5. The van der Waals surface area contributed by atoms with Crippen LogP contribution in [0.25, 0.3) is 0 Å². The van der Waals surface area contributed by atoms with Gasteiger partial charge in [-0.2, -0.15) is 0 Å². The molecule has 3 rings (SSSR count). The number of aromatic nitrogens is 1. The maximum absolute atomic E-state index is 5.93. The van der Waals surface area contributed by atoms with Gasteiger partial charge in [-0.15, -0.1) is 24.0 Å². The van der Waals surface area contributed by atoms with Crippen molar-refractivity contribution in [1.29, 1.82) is 0 Å². The highest BCUT2D eigenvalue weighted by Crippen LogP contribution is 2.24. The van der Waals surface area contributed by atoms with Crippen molar-refractivity contribution >= 4 is 41.4 Å². The fourth-order valence-corrected chi connectivity index (χ4v) is 2.66. The van der Waals surface area contributed by atoms with Crippen LogP contribution in [0.3, 0.4) is 0 Å². The number of aryl methyl sites for hydroxylation is 2. The second kappa shape index (κ2) is 8.71. The summed E-state index contributed by atoms with van der Waals surface area (Å²) in [5.41, 5.74) is 9.82. The molecule has 0 bridgehead atoms. The Morgan fingerprint density at radius 3 is 2.87 bits per heavy atom. The van der Waals surface area contributed by atoms with E-state index in [0.717, 1.165) is 17.9 Å². The quantitative estimate of drug-likeness (QED) is 0.299. The molecule has 0 unspecified atom stereocenters. The molecule has 1 aromatic carbocycles. The summed E-state index contributed by atoms with van der Waals surface area (Å²) in [6.07, 6.45) is 5.37. The van der Waals surface area contributed by atoms with Gasteiger partial charge < -0.3 is 16.4 Å². The predicted octanol–water partition coefficient (Wildman–Crippen LogP) is 3.03. The molecule has 0 atom stereocenters. The van der Waals surface area contributed by atoms with Gasteiger partial charge in [0.1, 0.15) is 5.82 Å². The van der Waals surface area contributed by atoms with Gasteiger partial charge in [-0.3, -0.25) is 4.99 Å². The van der Waals surface area contributed by atoms with Crippen LogP contribution in [0.4, 0.5) is 11.5 Å². The predicted molar refractivity (Wildman–Crippen MR) is 107 cm³/mol. The van der Waals surface area contributed by atoms with Crippen LogP contribution in [-0.2, 0) is 12.8 Å². The number of pyridine rings is 1. The number of guanidine groups is 1. The van der Waals surface area contributed by atoms with Crippen LogP contribution in [0.15, 0.2) is 47.6 Å². The topological polar surface area (TPSA) is 75.3 Å².